The Morgan fingerprint density at radius 2 is 1.89 bits per heavy atom. The zero-order valence-electron chi connectivity index (χ0n) is 16.2. The molecule has 0 aliphatic rings. The first kappa shape index (κ1) is 20.9. The quantitative estimate of drug-likeness (QED) is 0.676. The summed E-state index contributed by atoms with van der Waals surface area (Å²) in [6, 6.07) is 6.85. The van der Waals surface area contributed by atoms with Gasteiger partial charge in [0, 0.05) is 17.6 Å². The molecule has 1 aromatic carbocycles. The van der Waals surface area contributed by atoms with E-state index in [1.807, 2.05) is 27.7 Å². The first-order valence-corrected chi connectivity index (χ1v) is 10.4. The van der Waals surface area contributed by atoms with Crippen LogP contribution in [0.5, 0.6) is 5.75 Å². The van der Waals surface area contributed by atoms with E-state index in [2.05, 4.69) is 10.1 Å². The molecule has 0 aliphatic heterocycles. The minimum absolute atomic E-state index is 0.0544. The van der Waals surface area contributed by atoms with Crippen LogP contribution in [0.25, 0.3) is 11.4 Å². The second-order valence-electron chi connectivity index (χ2n) is 6.76. The van der Waals surface area contributed by atoms with E-state index >= 15 is 0 Å². The van der Waals surface area contributed by atoms with Crippen molar-refractivity contribution in [3.05, 3.63) is 30.2 Å². The van der Waals surface area contributed by atoms with E-state index in [0.717, 1.165) is 0 Å². The topological polar surface area (TPSA) is 103 Å². The van der Waals surface area contributed by atoms with Gasteiger partial charge in [0.15, 0.2) is 9.84 Å². The molecule has 1 amide bonds. The molecule has 0 spiro atoms. The first-order valence-electron chi connectivity index (χ1n) is 8.61. The van der Waals surface area contributed by atoms with Crippen LogP contribution < -0.4 is 4.74 Å². The predicted molar refractivity (Wildman–Crippen MR) is 101 cm³/mol. The van der Waals surface area contributed by atoms with Gasteiger partial charge in [-0.1, -0.05) is 17.3 Å². The van der Waals surface area contributed by atoms with Crippen LogP contribution in [-0.2, 0) is 20.4 Å². The molecule has 0 saturated carbocycles. The molecular formula is C18H25N3O5S. The van der Waals surface area contributed by atoms with E-state index in [4.69, 9.17) is 9.26 Å². The summed E-state index contributed by atoms with van der Waals surface area (Å²) in [5.41, 5.74) is 0.642. The van der Waals surface area contributed by atoms with E-state index in [-0.39, 0.29) is 23.8 Å². The number of amides is 1. The molecule has 0 atom stereocenters. The summed E-state index contributed by atoms with van der Waals surface area (Å²) in [6.07, 6.45) is 0. The number of aromatic nitrogens is 2. The number of methoxy groups -OCH3 is 1. The molecule has 2 rings (SSSR count). The van der Waals surface area contributed by atoms with Crippen molar-refractivity contribution in [3.8, 4) is 17.1 Å². The van der Waals surface area contributed by atoms with Crippen LogP contribution in [0, 0.1) is 0 Å². The van der Waals surface area contributed by atoms with Gasteiger partial charge in [0.2, 0.25) is 17.6 Å². The summed E-state index contributed by atoms with van der Waals surface area (Å²) in [5.74, 6) is -0.690. The van der Waals surface area contributed by atoms with Crippen LogP contribution in [0.3, 0.4) is 0 Å². The average Bonchev–Trinajstić information content (AvgIpc) is 3.01. The number of carbonyl (C=O) groups excluding carboxylic acids is 1. The molecule has 0 bridgehead atoms. The summed E-state index contributed by atoms with van der Waals surface area (Å²) in [5, 5.41) is 3.82. The Hall–Kier alpha value is -2.42. The largest absolute Gasteiger partial charge is 0.497 e. The second kappa shape index (κ2) is 8.51. The lowest BCUT2D eigenvalue weighted by atomic mass is 10.2. The van der Waals surface area contributed by atoms with Gasteiger partial charge in [-0.3, -0.25) is 4.79 Å². The highest BCUT2D eigenvalue weighted by atomic mass is 32.2. The van der Waals surface area contributed by atoms with Gasteiger partial charge in [-0.25, -0.2) is 8.42 Å². The van der Waals surface area contributed by atoms with Gasteiger partial charge < -0.3 is 14.2 Å². The number of rotatable bonds is 8. The van der Waals surface area contributed by atoms with Crippen LogP contribution >= 0.6 is 0 Å². The molecule has 9 heteroatoms. The summed E-state index contributed by atoms with van der Waals surface area (Å²) >= 11 is 0. The average molecular weight is 395 g/mol. The fourth-order valence-corrected chi connectivity index (χ4v) is 3.99. The fourth-order valence-electron chi connectivity index (χ4n) is 2.87. The normalized spacial score (nSPS) is 11.8. The van der Waals surface area contributed by atoms with E-state index in [1.54, 1.807) is 36.3 Å². The smallest absolute Gasteiger partial charge is 0.242 e. The zero-order valence-corrected chi connectivity index (χ0v) is 17.0. The molecule has 1 aromatic heterocycles. The molecule has 0 N–H and O–H groups in total. The Balaban J connectivity index is 2.12. The molecule has 148 valence electrons. The number of sulfone groups is 1. The van der Waals surface area contributed by atoms with Crippen molar-refractivity contribution < 1.29 is 22.5 Å². The highest BCUT2D eigenvalue weighted by Crippen LogP contribution is 2.21. The molecule has 0 saturated heterocycles. The molecule has 8 nitrogen and oxygen atoms in total. The van der Waals surface area contributed by atoms with Crippen molar-refractivity contribution in [2.24, 2.45) is 0 Å². The minimum Gasteiger partial charge on any atom is -0.497 e. The lowest BCUT2D eigenvalue weighted by Crippen LogP contribution is -2.45. The lowest BCUT2D eigenvalue weighted by Gasteiger charge is -2.30. The summed E-state index contributed by atoms with van der Waals surface area (Å²) in [6.45, 7) is 7.40. The molecule has 0 aliphatic carbocycles. The molecule has 0 radical (unpaired) electrons. The maximum Gasteiger partial charge on any atom is 0.242 e. The highest BCUT2D eigenvalue weighted by molar-refractivity contribution is 7.91. The van der Waals surface area contributed by atoms with Crippen molar-refractivity contribution in [2.75, 3.05) is 12.9 Å². The van der Waals surface area contributed by atoms with Crippen molar-refractivity contribution >= 4 is 15.7 Å². The maximum absolute atomic E-state index is 12.4. The molecule has 0 unspecified atom stereocenters. The van der Waals surface area contributed by atoms with Crippen LogP contribution in [0.2, 0.25) is 0 Å². The van der Waals surface area contributed by atoms with Crippen molar-refractivity contribution in [3.63, 3.8) is 0 Å². The Bertz CT molecular complexity index is 882. The Morgan fingerprint density at radius 1 is 1.22 bits per heavy atom. The monoisotopic (exact) mass is 395 g/mol. The van der Waals surface area contributed by atoms with E-state index in [9.17, 15) is 13.2 Å². The summed E-state index contributed by atoms with van der Waals surface area (Å²) in [4.78, 5) is 18.1. The second-order valence-corrected chi connectivity index (χ2v) is 8.83. The number of hydrogen-bond donors (Lipinski definition) is 0. The van der Waals surface area contributed by atoms with Crippen LogP contribution in [-0.4, -0.2) is 54.3 Å². The van der Waals surface area contributed by atoms with Gasteiger partial charge >= 0.3 is 0 Å². The number of carbonyl (C=O) groups is 1. The highest BCUT2D eigenvalue weighted by Gasteiger charge is 2.27. The van der Waals surface area contributed by atoms with Gasteiger partial charge in [0.25, 0.3) is 0 Å². The fraction of sp³-hybridized carbons (Fsp3) is 0.500. The predicted octanol–water partition coefficient (Wildman–Crippen LogP) is 2.31. The standard InChI is InChI=1S/C18H25N3O5S/c1-12(2)21(13(3)4)17(22)11-27(23,24)10-16-19-18(20-26-16)14-7-6-8-15(9-14)25-5/h6-9,12-13H,10-11H2,1-5H3. The maximum atomic E-state index is 12.4. The third kappa shape index (κ3) is 5.53. The van der Waals surface area contributed by atoms with Gasteiger partial charge in [-0.05, 0) is 39.8 Å². The van der Waals surface area contributed by atoms with E-state index in [1.165, 1.54) is 0 Å². The van der Waals surface area contributed by atoms with Crippen LogP contribution in [0.1, 0.15) is 33.6 Å². The Morgan fingerprint density at radius 3 is 2.48 bits per heavy atom. The molecule has 0 fully saturated rings. The number of ether oxygens (including phenoxy) is 1. The first-order chi connectivity index (χ1) is 12.6. The Kier molecular flexibility index (Phi) is 6.59. The van der Waals surface area contributed by atoms with Gasteiger partial charge in [-0.2, -0.15) is 4.98 Å². The molecule has 1 heterocycles. The third-order valence-electron chi connectivity index (χ3n) is 3.88. The number of hydrogen-bond acceptors (Lipinski definition) is 7. The Labute approximate surface area is 159 Å². The van der Waals surface area contributed by atoms with Crippen LogP contribution in [0.15, 0.2) is 28.8 Å². The molecular weight excluding hydrogens is 370 g/mol. The van der Waals surface area contributed by atoms with E-state index < -0.39 is 27.3 Å². The van der Waals surface area contributed by atoms with Crippen molar-refractivity contribution in [1.82, 2.24) is 15.0 Å². The lowest BCUT2D eigenvalue weighted by molar-refractivity contribution is -0.131. The van der Waals surface area contributed by atoms with Crippen LogP contribution in [0.4, 0.5) is 0 Å². The van der Waals surface area contributed by atoms with Gasteiger partial charge in [0.05, 0.1) is 7.11 Å². The van der Waals surface area contributed by atoms with Crippen molar-refractivity contribution in [2.45, 2.75) is 45.5 Å². The number of benzene rings is 1. The summed E-state index contributed by atoms with van der Waals surface area (Å²) in [7, 11) is -2.20. The molecule has 27 heavy (non-hydrogen) atoms. The molecule has 2 aromatic rings. The zero-order chi connectivity index (χ0) is 20.2. The van der Waals surface area contributed by atoms with E-state index in [0.29, 0.717) is 11.3 Å². The van der Waals surface area contributed by atoms with Gasteiger partial charge in [-0.15, -0.1) is 0 Å². The SMILES string of the molecule is COc1cccc(-c2noc(CS(=O)(=O)CC(=O)N(C(C)C)C(C)C)n2)c1. The van der Waals surface area contributed by atoms with Crippen molar-refractivity contribution in [1.29, 1.82) is 0 Å². The minimum atomic E-state index is -3.74. The third-order valence-corrected chi connectivity index (χ3v) is 5.26. The number of nitrogens with zero attached hydrogens (tertiary/aromatic N) is 3. The summed E-state index contributed by atoms with van der Waals surface area (Å²) < 4.78 is 35.0. The van der Waals surface area contributed by atoms with Gasteiger partial charge in [0.1, 0.15) is 17.3 Å².